The van der Waals surface area contributed by atoms with Crippen molar-refractivity contribution in [2.75, 3.05) is 26.2 Å². The van der Waals surface area contributed by atoms with Crippen molar-refractivity contribution < 1.29 is 53.1 Å². The van der Waals surface area contributed by atoms with Crippen LogP contribution in [0, 0.1) is 17.8 Å². The first-order chi connectivity index (χ1) is 46.5. The molecule has 1 aromatic carbocycles. The van der Waals surface area contributed by atoms with Crippen LogP contribution in [0.5, 0.6) is 0 Å². The molecule has 0 saturated heterocycles. The number of carboxylic acids is 1. The zero-order chi connectivity index (χ0) is 72.6. The van der Waals surface area contributed by atoms with Gasteiger partial charge in [-0.15, -0.1) is 0 Å². The molecule has 0 radical (unpaired) electrons. The van der Waals surface area contributed by atoms with Gasteiger partial charge in [-0.05, 0) is 93.7 Å². The Bertz CT molecular complexity index is 3320. The molecule has 0 aliphatic carbocycles. The molecule has 0 aliphatic rings. The molecule has 4 rings (SSSR count). The monoisotopic (exact) mass is 1370 g/mol. The number of aromatic amines is 3. The van der Waals surface area contributed by atoms with Gasteiger partial charge in [0.15, 0.2) is 17.9 Å². The summed E-state index contributed by atoms with van der Waals surface area (Å²) in [6.07, 6.45) is 8.39. The van der Waals surface area contributed by atoms with Crippen LogP contribution in [0.2, 0.25) is 0 Å². The Balaban J connectivity index is 1.60. The summed E-state index contributed by atoms with van der Waals surface area (Å²) in [5, 5.41) is 35.1. The molecule has 36 nitrogen and oxygen atoms in total. The summed E-state index contributed by atoms with van der Waals surface area (Å²) >= 11 is 0. The number of nitrogens with one attached hydrogen (secondary N) is 12. The molecular weight excluding hydrogens is 1270 g/mol. The number of rotatable bonds is 44. The Morgan fingerprint density at radius 3 is 1.24 bits per heavy atom. The number of amides is 9. The first-order valence-corrected chi connectivity index (χ1v) is 32.6. The third kappa shape index (κ3) is 27.4. The summed E-state index contributed by atoms with van der Waals surface area (Å²) in [7, 11) is 0. The van der Waals surface area contributed by atoms with Crippen molar-refractivity contribution in [1.29, 1.82) is 0 Å². The minimum atomic E-state index is -1.48. The summed E-state index contributed by atoms with van der Waals surface area (Å²) in [6.45, 7) is 10.5. The van der Waals surface area contributed by atoms with Gasteiger partial charge in [-0.2, -0.15) is 0 Å². The van der Waals surface area contributed by atoms with Crippen molar-refractivity contribution in [3.05, 3.63) is 72.5 Å². The zero-order valence-corrected chi connectivity index (χ0v) is 56.4. The molecule has 29 N–H and O–H groups in total. The third-order valence-electron chi connectivity index (χ3n) is 15.7. The van der Waals surface area contributed by atoms with Crippen molar-refractivity contribution in [2.24, 2.45) is 78.6 Å². The molecule has 10 atom stereocenters. The summed E-state index contributed by atoms with van der Waals surface area (Å²) in [5.74, 6) is -11.1. The van der Waals surface area contributed by atoms with Crippen LogP contribution in [0.25, 0.3) is 10.9 Å². The number of carbonyl (C=O) groups is 10. The van der Waals surface area contributed by atoms with E-state index >= 15 is 0 Å². The van der Waals surface area contributed by atoms with Crippen LogP contribution in [0.4, 0.5) is 0 Å². The molecule has 3 heterocycles. The highest BCUT2D eigenvalue weighted by atomic mass is 16.4. The lowest BCUT2D eigenvalue weighted by Gasteiger charge is -2.30. The Kier molecular flexibility index (Phi) is 33.4. The Morgan fingerprint density at radius 1 is 0.449 bits per heavy atom. The Labute approximate surface area is 568 Å². The van der Waals surface area contributed by atoms with E-state index in [1.54, 1.807) is 53.8 Å². The number of guanidine groups is 3. The Hall–Kier alpha value is -10.4. The van der Waals surface area contributed by atoms with Crippen molar-refractivity contribution >= 4 is 87.9 Å². The number of imidazole rings is 2. The van der Waals surface area contributed by atoms with Crippen LogP contribution in [0.15, 0.2) is 70.5 Å². The van der Waals surface area contributed by atoms with E-state index in [0.29, 0.717) is 42.8 Å². The van der Waals surface area contributed by atoms with Crippen LogP contribution in [-0.2, 0) is 67.2 Å². The number of aliphatic imine (C=N–C) groups is 3. The minimum absolute atomic E-state index is 0.0194. The maximum Gasteiger partial charge on any atom is 0.326 e. The van der Waals surface area contributed by atoms with Gasteiger partial charge in [0.1, 0.15) is 54.4 Å². The number of H-pyrrole nitrogens is 3. The smallest absolute Gasteiger partial charge is 0.326 e. The second kappa shape index (κ2) is 40.9. The lowest BCUT2D eigenvalue weighted by molar-refractivity contribution is -0.142. The molecule has 36 heteroatoms. The molecular formula is C62H101N25O11. The van der Waals surface area contributed by atoms with Crippen LogP contribution in [0.1, 0.15) is 116 Å². The highest BCUT2D eigenvalue weighted by Crippen LogP contribution is 2.20. The number of unbranched alkanes of at least 4 members (excludes halogenated alkanes) is 1. The third-order valence-corrected chi connectivity index (χ3v) is 15.7. The molecule has 0 unspecified atom stereocenters. The minimum Gasteiger partial charge on any atom is -0.480 e. The average Bonchev–Trinajstić information content (AvgIpc) is 1.57. The fourth-order valence-electron chi connectivity index (χ4n) is 10.3. The normalized spacial score (nSPS) is 14.3. The number of hydrogen-bond acceptors (Lipinski definition) is 17. The maximum absolute atomic E-state index is 14.7. The summed E-state index contributed by atoms with van der Waals surface area (Å²) in [6, 6.07) is -6.11. The number of benzene rings is 1. The lowest BCUT2D eigenvalue weighted by Crippen LogP contribution is -2.62. The molecule has 0 spiro atoms. The van der Waals surface area contributed by atoms with Gasteiger partial charge >= 0.3 is 5.97 Å². The van der Waals surface area contributed by atoms with Gasteiger partial charge < -0.3 is 114 Å². The second-order valence-electron chi connectivity index (χ2n) is 24.8. The molecule has 0 bridgehead atoms. The number of aliphatic carboxylic acids is 1. The molecule has 98 heavy (non-hydrogen) atoms. The van der Waals surface area contributed by atoms with E-state index in [-0.39, 0.29) is 95.3 Å². The summed E-state index contributed by atoms with van der Waals surface area (Å²) in [5.41, 5.74) is 47.0. The van der Waals surface area contributed by atoms with E-state index in [0.717, 1.165) is 10.9 Å². The topological polar surface area (TPSA) is 618 Å². The molecule has 0 fully saturated rings. The first-order valence-electron chi connectivity index (χ1n) is 32.6. The zero-order valence-electron chi connectivity index (χ0n) is 56.4. The van der Waals surface area contributed by atoms with E-state index in [1.807, 2.05) is 18.2 Å². The van der Waals surface area contributed by atoms with E-state index < -0.39 is 137 Å². The van der Waals surface area contributed by atoms with Crippen molar-refractivity contribution in [3.63, 3.8) is 0 Å². The molecule has 540 valence electrons. The average molecular weight is 1370 g/mol. The first kappa shape index (κ1) is 80.0. The summed E-state index contributed by atoms with van der Waals surface area (Å²) < 4.78 is 0. The number of aromatic nitrogens is 5. The van der Waals surface area contributed by atoms with Crippen molar-refractivity contribution in [1.82, 2.24) is 72.8 Å². The predicted octanol–water partition coefficient (Wildman–Crippen LogP) is -4.33. The predicted molar refractivity (Wildman–Crippen MR) is 367 cm³/mol. The largest absolute Gasteiger partial charge is 0.480 e. The number of para-hydroxylation sites is 1. The van der Waals surface area contributed by atoms with Gasteiger partial charge in [0.2, 0.25) is 53.2 Å². The number of carbonyl (C=O) groups excluding carboxylic acids is 9. The molecule has 0 aliphatic heterocycles. The van der Waals surface area contributed by atoms with E-state index in [1.165, 1.54) is 25.0 Å². The standard InChI is InChI=1S/C62H101N25O11/c1-32(2)47(85-54(92)45(25-36-28-71-30-77-36)82-52(90)42(19-13-23-75-62(69)70)80-51(89)41(18-12-22-74-61(67)68)79-50(88)39(64)15-11-21-73-60(65)66)56(94)84-46(26-37-29-72-31-78-37)55(93)86-49(34(5)6)58(96)87-48(33(3)4)57(95)83-44(24-35-27-76-40-16-8-7-14-38(35)40)53(91)81-43(59(97)98)17-9-10-20-63/h7-8,14,16,27-34,39,41-49,76H,9-13,15,17-26,63-64H2,1-6H3,(H,71,77)(H,72,78)(H,79,88)(H,80,89)(H,81,91)(H,82,90)(H,83,95)(H,84,94)(H,85,92)(H,86,93)(H,87,96)(H,97,98)(H4,65,66,73)(H4,67,68,74)(H4,69,70,75)/t39-,41-,42-,43-,44-,45-,46-,47-,48-,49-/m0/s1. The van der Waals surface area contributed by atoms with Crippen molar-refractivity contribution in [3.8, 4) is 0 Å². The van der Waals surface area contributed by atoms with Gasteiger partial charge in [0.25, 0.3) is 0 Å². The molecule has 9 amide bonds. The fraction of sp³-hybridized carbons (Fsp3) is 0.565. The number of nitrogens with two attached hydrogens (primary N) is 8. The van der Waals surface area contributed by atoms with Gasteiger partial charge in [-0.3, -0.25) is 58.1 Å². The highest BCUT2D eigenvalue weighted by molar-refractivity contribution is 5.99. The van der Waals surface area contributed by atoms with E-state index in [2.05, 4.69) is 87.7 Å². The molecule has 0 saturated carbocycles. The molecule has 4 aromatic rings. The molecule has 3 aromatic heterocycles. The number of fused-ring (bicyclic) bond motifs is 1. The highest BCUT2D eigenvalue weighted by Gasteiger charge is 2.38. The SMILES string of the molecule is CC(C)[C@H](NC(=O)[C@H](Cc1cnc[nH]1)NC(=O)[C@H](CCCN=C(N)N)NC(=O)[C@H](CCCN=C(N)N)NC(=O)[C@@H](N)CCCN=C(N)N)C(=O)N[C@@H](Cc1cnc[nH]1)C(=O)N[C@H](C(=O)N[C@H](C(=O)N[C@@H](Cc1c[nH]c2ccccc12)C(=O)N[C@@H](CCCCN)C(=O)O)C(C)C)C(C)C. The van der Waals surface area contributed by atoms with Gasteiger partial charge in [0.05, 0.1) is 18.7 Å². The van der Waals surface area contributed by atoms with Crippen molar-refractivity contribution in [2.45, 2.75) is 179 Å². The number of carboxylic acid groups (broad SMARTS) is 1. The lowest BCUT2D eigenvalue weighted by atomic mass is 9.97. The van der Waals surface area contributed by atoms with Crippen LogP contribution >= 0.6 is 0 Å². The van der Waals surface area contributed by atoms with Gasteiger partial charge in [0, 0.05) is 79.8 Å². The number of nitrogens with zero attached hydrogens (tertiary/aromatic N) is 5. The fourth-order valence-corrected chi connectivity index (χ4v) is 10.3. The number of hydrogen-bond donors (Lipinski definition) is 21. The maximum atomic E-state index is 14.7. The van der Waals surface area contributed by atoms with E-state index in [4.69, 9.17) is 45.9 Å². The Morgan fingerprint density at radius 2 is 0.816 bits per heavy atom. The van der Waals surface area contributed by atoms with Gasteiger partial charge in [-0.1, -0.05) is 59.7 Å². The van der Waals surface area contributed by atoms with E-state index in [9.17, 15) is 53.1 Å². The quantitative estimate of drug-likeness (QED) is 0.0113. The van der Waals surface area contributed by atoms with Crippen LogP contribution in [0.3, 0.4) is 0 Å². The van der Waals surface area contributed by atoms with Crippen LogP contribution in [-0.4, -0.2) is 194 Å². The van der Waals surface area contributed by atoms with Crippen LogP contribution < -0.4 is 93.7 Å². The van der Waals surface area contributed by atoms with Gasteiger partial charge in [-0.25, -0.2) is 14.8 Å². The second-order valence-corrected chi connectivity index (χ2v) is 24.8. The summed E-state index contributed by atoms with van der Waals surface area (Å²) in [4.78, 5) is 171.